The molecule has 0 aliphatic carbocycles. The number of amides is 1. The Labute approximate surface area is 147 Å². The van der Waals surface area contributed by atoms with Gasteiger partial charge in [0.1, 0.15) is 23.2 Å². The maximum Gasteiger partial charge on any atom is 0.271 e. The first-order valence-corrected chi connectivity index (χ1v) is 7.20. The van der Waals surface area contributed by atoms with Crippen LogP contribution in [0.25, 0.3) is 0 Å². The van der Waals surface area contributed by atoms with Crippen molar-refractivity contribution < 1.29 is 18.8 Å². The highest BCUT2D eigenvalue weighted by Gasteiger charge is 2.13. The van der Waals surface area contributed by atoms with E-state index in [1.165, 1.54) is 37.4 Å². The van der Waals surface area contributed by atoms with E-state index in [4.69, 9.17) is 10.00 Å². The smallest absolute Gasteiger partial charge is 0.271 e. The molecule has 0 radical (unpaired) electrons. The number of nitrogens with one attached hydrogen (secondary N) is 2. The van der Waals surface area contributed by atoms with E-state index in [1.54, 1.807) is 6.07 Å². The number of carbonyl (C=O) groups is 1. The molecule has 26 heavy (non-hydrogen) atoms. The number of hydrogen-bond donors (Lipinski definition) is 2. The number of nitrogens with zero attached hydrogens (tertiary/aromatic N) is 2. The lowest BCUT2D eigenvalue weighted by Crippen LogP contribution is -2.14. The van der Waals surface area contributed by atoms with Crippen LogP contribution >= 0.6 is 0 Å². The van der Waals surface area contributed by atoms with Crippen molar-refractivity contribution in [1.82, 2.24) is 0 Å². The molecular weight excluding hydrogens is 343 g/mol. The molecule has 2 aromatic rings. The van der Waals surface area contributed by atoms with Crippen molar-refractivity contribution in [3.63, 3.8) is 0 Å². The van der Waals surface area contributed by atoms with Gasteiger partial charge in [-0.2, -0.15) is 5.26 Å². The van der Waals surface area contributed by atoms with Crippen molar-refractivity contribution in [1.29, 1.82) is 5.26 Å². The van der Waals surface area contributed by atoms with Gasteiger partial charge in [-0.1, -0.05) is 0 Å². The Hall–Kier alpha value is -3.93. The minimum absolute atomic E-state index is 0.184. The number of nitriles is 1. The second-order valence-corrected chi connectivity index (χ2v) is 4.92. The van der Waals surface area contributed by atoms with Gasteiger partial charge in [-0.05, 0) is 30.3 Å². The topological polar surface area (TPSA) is 117 Å². The van der Waals surface area contributed by atoms with Crippen LogP contribution in [-0.4, -0.2) is 17.9 Å². The first-order valence-electron chi connectivity index (χ1n) is 7.20. The third kappa shape index (κ3) is 4.55. The fourth-order valence-corrected chi connectivity index (χ4v) is 1.95. The predicted octanol–water partition coefficient (Wildman–Crippen LogP) is 3.20. The van der Waals surface area contributed by atoms with E-state index in [1.807, 2.05) is 0 Å². The van der Waals surface area contributed by atoms with E-state index in [0.717, 1.165) is 18.3 Å². The second kappa shape index (κ2) is 8.25. The molecule has 0 unspecified atom stereocenters. The number of non-ortho nitro benzene ring substituents is 1. The van der Waals surface area contributed by atoms with Gasteiger partial charge >= 0.3 is 0 Å². The van der Waals surface area contributed by atoms with Crippen molar-refractivity contribution in [2.75, 3.05) is 17.7 Å². The maximum atomic E-state index is 12.9. The summed E-state index contributed by atoms with van der Waals surface area (Å²) >= 11 is 0. The summed E-state index contributed by atoms with van der Waals surface area (Å²) in [6.45, 7) is 0. The first kappa shape index (κ1) is 18.4. The zero-order valence-electron chi connectivity index (χ0n) is 13.5. The lowest BCUT2D eigenvalue weighted by Gasteiger charge is -2.09. The van der Waals surface area contributed by atoms with Crippen LogP contribution in [0.1, 0.15) is 0 Å². The number of ether oxygens (including phenoxy) is 1. The molecule has 0 fully saturated rings. The molecule has 1 amide bonds. The van der Waals surface area contributed by atoms with Gasteiger partial charge in [0.15, 0.2) is 0 Å². The van der Waals surface area contributed by atoms with E-state index in [9.17, 15) is 19.3 Å². The highest BCUT2D eigenvalue weighted by Crippen LogP contribution is 2.29. The zero-order valence-corrected chi connectivity index (χ0v) is 13.5. The third-order valence-electron chi connectivity index (χ3n) is 3.23. The molecule has 0 spiro atoms. The standard InChI is InChI=1S/C17H13FN4O4/c1-26-16-7-6-14(22(24)25)8-15(16)20-10-11(9-19)17(23)21-13-4-2-12(18)3-5-13/h2-8,10,20H,1H3,(H,21,23)/b11-10-. The highest BCUT2D eigenvalue weighted by atomic mass is 19.1. The summed E-state index contributed by atoms with van der Waals surface area (Å²) in [4.78, 5) is 22.4. The average molecular weight is 356 g/mol. The molecule has 0 atom stereocenters. The lowest BCUT2D eigenvalue weighted by molar-refractivity contribution is -0.384. The number of halogens is 1. The summed E-state index contributed by atoms with van der Waals surface area (Å²) in [5, 5.41) is 25.1. The van der Waals surface area contributed by atoms with Crippen LogP contribution in [-0.2, 0) is 4.79 Å². The predicted molar refractivity (Wildman–Crippen MR) is 92.0 cm³/mol. The molecule has 2 N–H and O–H groups in total. The Morgan fingerprint density at radius 1 is 1.31 bits per heavy atom. The van der Waals surface area contributed by atoms with E-state index in [-0.39, 0.29) is 16.9 Å². The van der Waals surface area contributed by atoms with Gasteiger partial charge in [-0.15, -0.1) is 0 Å². The number of anilines is 2. The van der Waals surface area contributed by atoms with Crippen LogP contribution in [0.15, 0.2) is 54.2 Å². The van der Waals surface area contributed by atoms with Gasteiger partial charge in [0, 0.05) is 24.0 Å². The van der Waals surface area contributed by atoms with E-state index in [0.29, 0.717) is 11.4 Å². The summed E-state index contributed by atoms with van der Waals surface area (Å²) < 4.78 is 18.0. The van der Waals surface area contributed by atoms with Crippen molar-refractivity contribution >= 4 is 23.0 Å². The van der Waals surface area contributed by atoms with Crippen LogP contribution in [0.5, 0.6) is 5.75 Å². The Bertz CT molecular complexity index is 904. The third-order valence-corrected chi connectivity index (χ3v) is 3.23. The van der Waals surface area contributed by atoms with Crippen LogP contribution in [0.2, 0.25) is 0 Å². The SMILES string of the molecule is COc1ccc([N+](=O)[O-])cc1N/C=C(/C#N)C(=O)Nc1ccc(F)cc1. The molecule has 0 saturated heterocycles. The molecule has 0 aliphatic rings. The van der Waals surface area contributed by atoms with Crippen LogP contribution in [0, 0.1) is 27.3 Å². The highest BCUT2D eigenvalue weighted by molar-refractivity contribution is 6.06. The monoisotopic (exact) mass is 356 g/mol. The van der Waals surface area contributed by atoms with E-state index in [2.05, 4.69) is 10.6 Å². The number of rotatable bonds is 6. The Morgan fingerprint density at radius 3 is 2.58 bits per heavy atom. The fourth-order valence-electron chi connectivity index (χ4n) is 1.95. The molecule has 2 aromatic carbocycles. The second-order valence-electron chi connectivity index (χ2n) is 4.92. The molecule has 8 nitrogen and oxygen atoms in total. The summed E-state index contributed by atoms with van der Waals surface area (Å²) in [5.74, 6) is -0.891. The van der Waals surface area contributed by atoms with E-state index < -0.39 is 16.6 Å². The van der Waals surface area contributed by atoms with Crippen LogP contribution < -0.4 is 15.4 Å². The summed E-state index contributed by atoms with van der Waals surface area (Å²) in [6, 6.07) is 10.6. The molecule has 0 saturated carbocycles. The summed E-state index contributed by atoms with van der Waals surface area (Å²) in [6.07, 6.45) is 1.10. The normalized spacial score (nSPS) is 10.6. The van der Waals surface area contributed by atoms with Crippen molar-refractivity contribution in [2.24, 2.45) is 0 Å². The molecule has 0 aromatic heterocycles. The number of benzene rings is 2. The molecule has 0 aliphatic heterocycles. The molecule has 2 rings (SSSR count). The van der Waals surface area contributed by atoms with Gasteiger partial charge in [0.25, 0.3) is 11.6 Å². The van der Waals surface area contributed by atoms with Crippen LogP contribution in [0.4, 0.5) is 21.5 Å². The Kier molecular flexibility index (Phi) is 5.84. The molecule has 0 heterocycles. The number of hydrogen-bond acceptors (Lipinski definition) is 6. The number of carbonyl (C=O) groups excluding carboxylic acids is 1. The van der Waals surface area contributed by atoms with Gasteiger partial charge in [-0.3, -0.25) is 14.9 Å². The van der Waals surface area contributed by atoms with Gasteiger partial charge in [0.05, 0.1) is 17.7 Å². The van der Waals surface area contributed by atoms with Gasteiger partial charge in [0.2, 0.25) is 0 Å². The molecular formula is C17H13FN4O4. The van der Waals surface area contributed by atoms with Crippen molar-refractivity contribution in [3.05, 3.63) is 70.2 Å². The van der Waals surface area contributed by atoms with Crippen LogP contribution in [0.3, 0.4) is 0 Å². The Balaban J connectivity index is 2.20. The van der Waals surface area contributed by atoms with E-state index >= 15 is 0 Å². The zero-order chi connectivity index (χ0) is 19.1. The fraction of sp³-hybridized carbons (Fsp3) is 0.0588. The lowest BCUT2D eigenvalue weighted by atomic mass is 10.2. The minimum atomic E-state index is -0.726. The minimum Gasteiger partial charge on any atom is -0.495 e. The molecule has 0 bridgehead atoms. The number of nitro groups is 1. The summed E-state index contributed by atoms with van der Waals surface area (Å²) in [7, 11) is 1.38. The Morgan fingerprint density at radius 2 is 2.00 bits per heavy atom. The van der Waals surface area contributed by atoms with Crippen molar-refractivity contribution in [3.8, 4) is 11.8 Å². The van der Waals surface area contributed by atoms with Crippen molar-refractivity contribution in [2.45, 2.75) is 0 Å². The number of nitro benzene ring substituents is 1. The average Bonchev–Trinajstić information content (AvgIpc) is 2.63. The largest absolute Gasteiger partial charge is 0.495 e. The van der Waals surface area contributed by atoms with Gasteiger partial charge < -0.3 is 15.4 Å². The van der Waals surface area contributed by atoms with Gasteiger partial charge in [-0.25, -0.2) is 4.39 Å². The molecule has 132 valence electrons. The summed E-state index contributed by atoms with van der Waals surface area (Å²) in [5.41, 5.74) is 0.0494. The quantitative estimate of drug-likeness (QED) is 0.355. The molecule has 9 heteroatoms. The first-order chi connectivity index (χ1) is 12.4. The maximum absolute atomic E-state index is 12.9. The number of methoxy groups -OCH3 is 1.